The zero-order valence-electron chi connectivity index (χ0n) is 10.9. The van der Waals surface area contributed by atoms with Gasteiger partial charge in [-0.05, 0) is 19.8 Å². The predicted molar refractivity (Wildman–Crippen MR) is 67.6 cm³/mol. The molecule has 3 N–H and O–H groups in total. The van der Waals surface area contributed by atoms with Gasteiger partial charge in [0.2, 0.25) is 0 Å². The summed E-state index contributed by atoms with van der Waals surface area (Å²) >= 11 is 0. The topological polar surface area (TPSA) is 112 Å². The molecular formula is C13H18O6. The Bertz CT molecular complexity index is 409. The smallest absolute Gasteiger partial charge is 0.331 e. The fourth-order valence-electron chi connectivity index (χ4n) is 1.28. The van der Waals surface area contributed by atoms with Crippen LogP contribution in [-0.4, -0.2) is 39.6 Å². The van der Waals surface area contributed by atoms with Gasteiger partial charge in [0.25, 0.3) is 0 Å². The van der Waals surface area contributed by atoms with Crippen LogP contribution in [0.2, 0.25) is 0 Å². The number of carboxylic acid groups (broad SMARTS) is 2. The van der Waals surface area contributed by atoms with Gasteiger partial charge >= 0.3 is 11.9 Å². The molecule has 6 nitrogen and oxygen atoms in total. The molecule has 1 aliphatic rings. The molecular weight excluding hydrogens is 252 g/mol. The summed E-state index contributed by atoms with van der Waals surface area (Å²) in [6, 6.07) is 0. The molecule has 0 amide bonds. The number of aliphatic hydroxyl groups excluding tert-OH is 1. The van der Waals surface area contributed by atoms with Crippen molar-refractivity contribution < 1.29 is 29.7 Å². The third kappa shape index (κ3) is 5.48. The number of allylic oxidation sites excluding steroid dienone is 2. The van der Waals surface area contributed by atoms with Crippen molar-refractivity contribution in [2.24, 2.45) is 5.41 Å². The van der Waals surface area contributed by atoms with Crippen LogP contribution < -0.4 is 0 Å². The van der Waals surface area contributed by atoms with Crippen LogP contribution in [0, 0.1) is 5.41 Å². The van der Waals surface area contributed by atoms with Gasteiger partial charge in [-0.15, -0.1) is 0 Å². The first-order chi connectivity index (χ1) is 8.76. The first-order valence-electron chi connectivity index (χ1n) is 5.75. The van der Waals surface area contributed by atoms with E-state index >= 15 is 0 Å². The van der Waals surface area contributed by atoms with E-state index in [1.807, 2.05) is 0 Å². The SMILES string of the molecule is CC1(C(=O)O)C=CC=C(C(=O)O)C1.CCC(O)C=O. The molecule has 0 saturated carbocycles. The van der Waals surface area contributed by atoms with Crippen molar-refractivity contribution >= 4 is 18.2 Å². The lowest BCUT2D eigenvalue weighted by Gasteiger charge is -2.23. The molecule has 0 aromatic heterocycles. The van der Waals surface area contributed by atoms with E-state index in [1.165, 1.54) is 25.2 Å². The van der Waals surface area contributed by atoms with Gasteiger partial charge in [0, 0.05) is 5.57 Å². The van der Waals surface area contributed by atoms with Crippen molar-refractivity contribution in [1.82, 2.24) is 0 Å². The largest absolute Gasteiger partial charge is 0.481 e. The minimum Gasteiger partial charge on any atom is -0.481 e. The van der Waals surface area contributed by atoms with E-state index in [0.29, 0.717) is 12.7 Å². The molecule has 0 bridgehead atoms. The van der Waals surface area contributed by atoms with Crippen molar-refractivity contribution in [3.05, 3.63) is 23.8 Å². The van der Waals surface area contributed by atoms with E-state index in [-0.39, 0.29) is 12.0 Å². The van der Waals surface area contributed by atoms with Crippen LogP contribution in [-0.2, 0) is 14.4 Å². The number of carbonyl (C=O) groups excluding carboxylic acids is 1. The fourth-order valence-corrected chi connectivity index (χ4v) is 1.28. The highest BCUT2D eigenvalue weighted by Crippen LogP contribution is 2.31. The number of rotatable bonds is 4. The van der Waals surface area contributed by atoms with Crippen molar-refractivity contribution in [2.75, 3.05) is 0 Å². The number of carboxylic acids is 2. The second kappa shape index (κ2) is 7.48. The quantitative estimate of drug-likeness (QED) is 0.657. The number of carbonyl (C=O) groups is 3. The first kappa shape index (κ1) is 17.1. The minimum absolute atomic E-state index is 0.0359. The molecule has 0 aromatic rings. The summed E-state index contributed by atoms with van der Waals surface area (Å²) in [5.74, 6) is -2.06. The monoisotopic (exact) mass is 270 g/mol. The van der Waals surface area contributed by atoms with Gasteiger partial charge in [0.05, 0.1) is 5.41 Å². The molecule has 1 aliphatic carbocycles. The van der Waals surface area contributed by atoms with Crippen molar-refractivity contribution in [1.29, 1.82) is 0 Å². The lowest BCUT2D eigenvalue weighted by molar-refractivity contribution is -0.145. The molecule has 0 spiro atoms. The summed E-state index contributed by atoms with van der Waals surface area (Å²) < 4.78 is 0. The van der Waals surface area contributed by atoms with E-state index in [1.54, 1.807) is 6.92 Å². The van der Waals surface area contributed by atoms with Gasteiger partial charge in [-0.2, -0.15) is 0 Å². The van der Waals surface area contributed by atoms with Gasteiger partial charge in [0.1, 0.15) is 12.4 Å². The molecule has 6 heteroatoms. The highest BCUT2D eigenvalue weighted by Gasteiger charge is 2.34. The van der Waals surface area contributed by atoms with E-state index in [2.05, 4.69) is 0 Å². The summed E-state index contributed by atoms with van der Waals surface area (Å²) in [5, 5.41) is 25.8. The lowest BCUT2D eigenvalue weighted by Crippen LogP contribution is -2.28. The Hall–Kier alpha value is -1.95. The summed E-state index contributed by atoms with van der Waals surface area (Å²) in [6.45, 7) is 3.25. The van der Waals surface area contributed by atoms with Crippen LogP contribution in [0.25, 0.3) is 0 Å². The van der Waals surface area contributed by atoms with Gasteiger partial charge < -0.3 is 20.1 Å². The summed E-state index contributed by atoms with van der Waals surface area (Å²) in [6.07, 6.45) is 4.73. The van der Waals surface area contributed by atoms with Gasteiger partial charge in [-0.3, -0.25) is 4.79 Å². The molecule has 1 rings (SSSR count). The zero-order chi connectivity index (χ0) is 15.1. The normalized spacial score (nSPS) is 22.6. The zero-order valence-corrected chi connectivity index (χ0v) is 10.9. The van der Waals surface area contributed by atoms with Crippen LogP contribution in [0.5, 0.6) is 0 Å². The highest BCUT2D eigenvalue weighted by molar-refractivity contribution is 5.90. The summed E-state index contributed by atoms with van der Waals surface area (Å²) in [4.78, 5) is 30.8. The highest BCUT2D eigenvalue weighted by atomic mass is 16.4. The Labute approximate surface area is 111 Å². The third-order valence-electron chi connectivity index (χ3n) is 2.66. The minimum atomic E-state index is -1.08. The van der Waals surface area contributed by atoms with E-state index < -0.39 is 23.5 Å². The lowest BCUT2D eigenvalue weighted by atomic mass is 9.80. The molecule has 106 valence electrons. The number of aldehydes is 1. The number of aliphatic carboxylic acids is 2. The van der Waals surface area contributed by atoms with Gasteiger partial charge in [0.15, 0.2) is 0 Å². The van der Waals surface area contributed by atoms with Crippen LogP contribution >= 0.6 is 0 Å². The standard InChI is InChI=1S/C9H10O4.C4H8O2/c1-9(8(12)13)4-2-3-6(5-9)7(10)11;1-2-4(6)3-5/h2-4H,5H2,1H3,(H,10,11)(H,12,13);3-4,6H,2H2,1H3. The Kier molecular flexibility index (Phi) is 6.71. The second-order valence-electron chi connectivity index (χ2n) is 4.37. The predicted octanol–water partition coefficient (Wildman–Crippen LogP) is 1.00. The molecule has 2 atom stereocenters. The molecule has 0 radical (unpaired) electrons. The first-order valence-corrected chi connectivity index (χ1v) is 5.75. The summed E-state index contributed by atoms with van der Waals surface area (Å²) in [7, 11) is 0. The molecule has 0 aromatic carbocycles. The van der Waals surface area contributed by atoms with E-state index in [9.17, 15) is 14.4 Å². The summed E-state index contributed by atoms with van der Waals surface area (Å²) in [5.41, 5.74) is -0.949. The molecule has 19 heavy (non-hydrogen) atoms. The number of hydrogen-bond acceptors (Lipinski definition) is 4. The van der Waals surface area contributed by atoms with Crippen LogP contribution in [0.3, 0.4) is 0 Å². The maximum Gasteiger partial charge on any atom is 0.331 e. The number of hydrogen-bond donors (Lipinski definition) is 3. The Morgan fingerprint density at radius 3 is 2.37 bits per heavy atom. The maximum absolute atomic E-state index is 10.8. The van der Waals surface area contributed by atoms with Crippen molar-refractivity contribution in [3.8, 4) is 0 Å². The van der Waals surface area contributed by atoms with Crippen molar-refractivity contribution in [2.45, 2.75) is 32.8 Å². The van der Waals surface area contributed by atoms with Crippen LogP contribution in [0.4, 0.5) is 0 Å². The average Bonchev–Trinajstić information content (AvgIpc) is 2.38. The van der Waals surface area contributed by atoms with E-state index in [0.717, 1.165) is 0 Å². The van der Waals surface area contributed by atoms with Crippen molar-refractivity contribution in [3.63, 3.8) is 0 Å². The Morgan fingerprint density at radius 2 is 2.05 bits per heavy atom. The molecule has 0 fully saturated rings. The van der Waals surface area contributed by atoms with Gasteiger partial charge in [-0.1, -0.05) is 25.2 Å². The van der Waals surface area contributed by atoms with E-state index in [4.69, 9.17) is 15.3 Å². The van der Waals surface area contributed by atoms with Crippen LogP contribution in [0.15, 0.2) is 23.8 Å². The van der Waals surface area contributed by atoms with Crippen LogP contribution in [0.1, 0.15) is 26.7 Å². The Balaban J connectivity index is 0.000000459. The average molecular weight is 270 g/mol. The Morgan fingerprint density at radius 1 is 1.47 bits per heavy atom. The molecule has 2 unspecified atom stereocenters. The molecule has 0 saturated heterocycles. The second-order valence-corrected chi connectivity index (χ2v) is 4.37. The third-order valence-corrected chi connectivity index (χ3v) is 2.66. The molecule has 0 aliphatic heterocycles. The molecule has 0 heterocycles. The van der Waals surface area contributed by atoms with Gasteiger partial charge in [-0.25, -0.2) is 4.79 Å². The maximum atomic E-state index is 10.8. The fraction of sp³-hybridized carbons (Fsp3) is 0.462. The number of aliphatic hydroxyl groups is 1.